The Morgan fingerprint density at radius 3 is 1.37 bits per heavy atom. The van der Waals surface area contributed by atoms with E-state index in [0.29, 0.717) is 7.35 Å². The van der Waals surface area contributed by atoms with E-state index in [4.69, 9.17) is 0 Å². The third kappa shape index (κ3) is 5.08. The van der Waals surface area contributed by atoms with E-state index >= 15 is 0 Å². The van der Waals surface area contributed by atoms with Gasteiger partial charge >= 0.3 is 281 Å². The first-order valence-electron chi connectivity index (χ1n) is 17.7. The Balaban J connectivity index is 1.38. The van der Waals surface area contributed by atoms with Crippen LogP contribution in [0.15, 0.2) is 97.1 Å². The third-order valence-electron chi connectivity index (χ3n) is 12.2. The van der Waals surface area contributed by atoms with Crippen molar-refractivity contribution in [1.29, 1.82) is 0 Å². The van der Waals surface area contributed by atoms with E-state index < -0.39 is 18.0 Å². The Labute approximate surface area is 279 Å². The number of hydrogen-bond acceptors (Lipinski definition) is 0. The summed E-state index contributed by atoms with van der Waals surface area (Å²) in [5, 5.41) is 0. The number of allylic oxidation sites excluding steroid dienone is 2. The zero-order valence-electron chi connectivity index (χ0n) is 29.4. The van der Waals surface area contributed by atoms with Crippen LogP contribution in [0, 0.1) is 0 Å². The van der Waals surface area contributed by atoms with Gasteiger partial charge in [0.1, 0.15) is 0 Å². The minimum atomic E-state index is -3.96. The van der Waals surface area contributed by atoms with Gasteiger partial charge < -0.3 is 0 Å². The molecule has 0 spiro atoms. The molecule has 0 saturated heterocycles. The molecule has 3 aliphatic rings. The molecule has 0 aliphatic heterocycles. The molecule has 7 rings (SSSR count). The van der Waals surface area contributed by atoms with Crippen molar-refractivity contribution in [2.75, 3.05) is 0 Å². The van der Waals surface area contributed by atoms with E-state index in [1.165, 1.54) is 70.2 Å². The second-order valence-corrected chi connectivity index (χ2v) is 43.1. The van der Waals surface area contributed by atoms with Crippen molar-refractivity contribution in [1.82, 2.24) is 0 Å². The second-order valence-electron chi connectivity index (χ2n) is 17.4. The summed E-state index contributed by atoms with van der Waals surface area (Å²) in [6.07, 6.45) is 15.7. The van der Waals surface area contributed by atoms with Crippen LogP contribution >= 0.6 is 0 Å². The van der Waals surface area contributed by atoms with Gasteiger partial charge in [0.25, 0.3) is 0 Å². The van der Waals surface area contributed by atoms with Crippen molar-refractivity contribution in [3.05, 3.63) is 130 Å². The number of hydrogen-bond donors (Lipinski definition) is 0. The van der Waals surface area contributed by atoms with E-state index in [1.54, 1.807) is 11.1 Å². The van der Waals surface area contributed by atoms with Crippen LogP contribution in [0.1, 0.15) is 108 Å². The van der Waals surface area contributed by atoms with E-state index in [1.807, 2.05) is 3.26 Å². The van der Waals surface area contributed by atoms with Gasteiger partial charge in [0.05, 0.1) is 0 Å². The van der Waals surface area contributed by atoms with Gasteiger partial charge in [-0.05, 0) is 0 Å². The fourth-order valence-electron chi connectivity index (χ4n) is 9.26. The van der Waals surface area contributed by atoms with Crippen LogP contribution < -0.4 is 0 Å². The summed E-state index contributed by atoms with van der Waals surface area (Å²) in [4.78, 5) is 0. The Bertz CT molecular complexity index is 1840. The zero-order valence-corrected chi connectivity index (χ0v) is 33.0. The van der Waals surface area contributed by atoms with E-state index in [2.05, 4.69) is 160 Å². The first-order chi connectivity index (χ1) is 21.8. The molecule has 46 heavy (non-hydrogen) atoms. The maximum atomic E-state index is 2.84. The summed E-state index contributed by atoms with van der Waals surface area (Å²) in [5.74, 6) is 0. The van der Waals surface area contributed by atoms with Crippen LogP contribution in [0.5, 0.6) is 0 Å². The van der Waals surface area contributed by atoms with Gasteiger partial charge in [-0.15, -0.1) is 0 Å². The maximum absolute atomic E-state index is 3.96. The van der Waals surface area contributed by atoms with Gasteiger partial charge in [0.2, 0.25) is 0 Å². The SMILES string of the molecule is CC(C)(C)c1cccc(-c2cccc3c2C=C[CH]3[Hf]([CH3])([CH3])(=[C]2CCCC2)[CH]2C=Cc3c(-c4cccc(C(C)(C)C)c4)cccc32)c1. The van der Waals surface area contributed by atoms with E-state index in [9.17, 15) is 0 Å². The summed E-state index contributed by atoms with van der Waals surface area (Å²) in [6, 6.07) is 32.9. The van der Waals surface area contributed by atoms with Gasteiger partial charge in [-0.3, -0.25) is 0 Å². The molecule has 236 valence electrons. The molecule has 1 heteroatoms. The predicted molar refractivity (Wildman–Crippen MR) is 200 cm³/mol. The molecule has 4 aromatic rings. The van der Waals surface area contributed by atoms with Crippen LogP contribution in [0.25, 0.3) is 34.4 Å². The number of rotatable bonds is 4. The molecule has 4 aromatic carbocycles. The Morgan fingerprint density at radius 2 is 0.957 bits per heavy atom. The number of benzene rings is 4. The molecule has 3 aliphatic carbocycles. The molecule has 0 heterocycles. The van der Waals surface area contributed by atoms with Crippen molar-refractivity contribution >= 4 is 15.4 Å². The summed E-state index contributed by atoms with van der Waals surface area (Å²) in [6.45, 7) is 13.9. The summed E-state index contributed by atoms with van der Waals surface area (Å²) in [5.41, 5.74) is 14.6. The monoisotopic (exact) mass is 772 g/mol. The van der Waals surface area contributed by atoms with Crippen LogP contribution in [-0.2, 0) is 28.8 Å². The molecular weight excluding hydrogens is 719 g/mol. The standard InChI is InChI=1S/2C19H19.C5H8.2CH3.Hf/c2*1-19(2,3)16-10-4-9-15(13-16)18-12-6-8-14-7-5-11-17(14)18;1-2-4-5-3-1;;;/h2*4-13H,1-3H3;1-4H2;2*1H3;. The molecule has 0 bridgehead atoms. The number of fused-ring (bicyclic) bond motifs is 2. The van der Waals surface area contributed by atoms with Crippen molar-refractivity contribution in [2.45, 2.75) is 94.8 Å². The Kier molecular flexibility index (Phi) is 7.64. The average molecular weight is 771 g/mol. The van der Waals surface area contributed by atoms with Crippen LogP contribution in [0.2, 0.25) is 9.36 Å². The van der Waals surface area contributed by atoms with E-state index in [-0.39, 0.29) is 10.8 Å². The molecule has 2 atom stereocenters. The summed E-state index contributed by atoms with van der Waals surface area (Å²) >= 11 is -3.96. The van der Waals surface area contributed by atoms with Crippen LogP contribution in [0.3, 0.4) is 0 Å². The van der Waals surface area contributed by atoms with Gasteiger partial charge in [-0.2, -0.15) is 0 Å². The molecule has 0 amide bonds. The molecule has 0 radical (unpaired) electrons. The van der Waals surface area contributed by atoms with Crippen LogP contribution in [-0.4, -0.2) is 3.26 Å². The zero-order chi connectivity index (χ0) is 32.5. The molecule has 0 N–H and O–H groups in total. The first kappa shape index (κ1) is 31.7. The molecule has 2 unspecified atom stereocenters. The fraction of sp³-hybridized carbons (Fsp3) is 0.356. The van der Waals surface area contributed by atoms with Crippen molar-refractivity contribution in [3.63, 3.8) is 0 Å². The second kappa shape index (κ2) is 11.1. The predicted octanol–water partition coefficient (Wildman–Crippen LogP) is 13.0. The van der Waals surface area contributed by atoms with Gasteiger partial charge in [0.15, 0.2) is 0 Å². The summed E-state index contributed by atoms with van der Waals surface area (Å²) < 4.78 is 8.67. The Hall–Kier alpha value is -2.90. The van der Waals surface area contributed by atoms with Gasteiger partial charge in [-0.1, -0.05) is 0 Å². The summed E-state index contributed by atoms with van der Waals surface area (Å²) in [7, 11) is 0. The molecule has 0 nitrogen and oxygen atoms in total. The minimum absolute atomic E-state index is 0.129. The van der Waals surface area contributed by atoms with E-state index in [0.717, 1.165) is 0 Å². The van der Waals surface area contributed by atoms with Crippen molar-refractivity contribution < 1.29 is 18.0 Å². The van der Waals surface area contributed by atoms with Gasteiger partial charge in [0, 0.05) is 0 Å². The third-order valence-corrected chi connectivity index (χ3v) is 39.4. The Morgan fingerprint density at radius 1 is 0.543 bits per heavy atom. The quantitative estimate of drug-likeness (QED) is 0.181. The molecular formula is C45H52Hf. The normalized spacial score (nSPS) is 19.5. The van der Waals surface area contributed by atoms with Crippen molar-refractivity contribution in [2.24, 2.45) is 0 Å². The molecule has 0 aromatic heterocycles. The average Bonchev–Trinajstić information content (AvgIpc) is 3.81. The molecule has 1 fully saturated rings. The van der Waals surface area contributed by atoms with Crippen LogP contribution in [0.4, 0.5) is 0 Å². The fourth-order valence-corrected chi connectivity index (χ4v) is 34.4. The van der Waals surface area contributed by atoms with Gasteiger partial charge in [-0.25, -0.2) is 0 Å². The first-order valence-corrected chi connectivity index (χ1v) is 30.8. The molecule has 1 saturated carbocycles. The van der Waals surface area contributed by atoms with Crippen molar-refractivity contribution in [3.8, 4) is 22.3 Å². The topological polar surface area (TPSA) is 0 Å².